The molecule has 1 amide bonds. The number of fused-ring (bicyclic) bond motifs is 1. The molecule has 0 saturated carbocycles. The van der Waals surface area contributed by atoms with Gasteiger partial charge in [-0.15, -0.1) is 0 Å². The van der Waals surface area contributed by atoms with Crippen molar-refractivity contribution < 1.29 is 10.0 Å². The van der Waals surface area contributed by atoms with E-state index >= 15 is 0 Å². The summed E-state index contributed by atoms with van der Waals surface area (Å²) < 4.78 is 0. The Kier molecular flexibility index (Phi) is 4.85. The van der Waals surface area contributed by atoms with Gasteiger partial charge in [0.1, 0.15) is 0 Å². The van der Waals surface area contributed by atoms with E-state index in [-0.39, 0.29) is 10.5 Å². The monoisotopic (exact) mass is 380 g/mol. The van der Waals surface area contributed by atoms with Gasteiger partial charge < -0.3 is 10.1 Å². The van der Waals surface area contributed by atoms with Crippen molar-refractivity contribution in [2.75, 3.05) is 11.4 Å². The van der Waals surface area contributed by atoms with E-state index in [2.05, 4.69) is 26.6 Å². The second-order valence-corrected chi connectivity index (χ2v) is 7.86. The second kappa shape index (κ2) is 7.44. The predicted octanol–water partition coefficient (Wildman–Crippen LogP) is 3.82. The van der Waals surface area contributed by atoms with Crippen molar-refractivity contribution in [3.63, 3.8) is 0 Å². The first-order chi connectivity index (χ1) is 13.2. The smallest absolute Gasteiger partial charge is 0.299 e. The van der Waals surface area contributed by atoms with Crippen LogP contribution in [0.1, 0.15) is 30.0 Å². The Morgan fingerprint density at radius 1 is 1.30 bits per heavy atom. The summed E-state index contributed by atoms with van der Waals surface area (Å²) in [6, 6.07) is 15.9. The number of carbonyl (C=O) groups excluding carboxylic acids is 1. The van der Waals surface area contributed by atoms with Crippen LogP contribution in [0.5, 0.6) is 0 Å². The average molecular weight is 380 g/mol. The summed E-state index contributed by atoms with van der Waals surface area (Å²) in [5.74, 6) is 0.551. The molecule has 2 N–H and O–H groups in total. The number of thioether (sulfide) groups is 1. The zero-order valence-electron chi connectivity index (χ0n) is 14.9. The number of hydrogen-bond donors (Lipinski definition) is 2. The van der Waals surface area contributed by atoms with E-state index in [9.17, 15) is 10.0 Å². The van der Waals surface area contributed by atoms with Gasteiger partial charge in [0.25, 0.3) is 5.24 Å². The van der Waals surface area contributed by atoms with E-state index in [0.717, 1.165) is 41.9 Å². The number of oxime groups is 1. The zero-order chi connectivity index (χ0) is 18.8. The molecule has 6 nitrogen and oxygen atoms in total. The lowest BCUT2D eigenvalue weighted by molar-refractivity contribution is 0.261. The highest BCUT2D eigenvalue weighted by atomic mass is 32.2. The third kappa shape index (κ3) is 3.42. The van der Waals surface area contributed by atoms with Gasteiger partial charge in [0.15, 0.2) is 5.84 Å². The summed E-state index contributed by atoms with van der Waals surface area (Å²) in [7, 11) is 0. The zero-order valence-corrected chi connectivity index (χ0v) is 15.7. The Bertz CT molecular complexity index is 927. The lowest BCUT2D eigenvalue weighted by Gasteiger charge is -2.32. The molecule has 0 bridgehead atoms. The van der Waals surface area contributed by atoms with Crippen molar-refractivity contribution >= 4 is 34.2 Å². The van der Waals surface area contributed by atoms with Crippen LogP contribution >= 0.6 is 11.8 Å². The highest BCUT2D eigenvalue weighted by Gasteiger charge is 2.26. The number of hydrazone groups is 1. The first kappa shape index (κ1) is 17.6. The molecule has 27 heavy (non-hydrogen) atoms. The third-order valence-electron chi connectivity index (χ3n) is 4.81. The predicted molar refractivity (Wildman–Crippen MR) is 109 cm³/mol. The number of aryl methyl sites for hydroxylation is 1. The number of benzene rings is 2. The minimum absolute atomic E-state index is 0.00961. The number of carbonyl (C=O) groups is 1. The van der Waals surface area contributed by atoms with Crippen LogP contribution in [-0.2, 0) is 6.42 Å². The van der Waals surface area contributed by atoms with Crippen LogP contribution in [0.15, 0.2) is 58.8 Å². The first-order valence-electron chi connectivity index (χ1n) is 8.90. The molecule has 0 aromatic heterocycles. The molecule has 4 rings (SSSR count). The molecule has 0 saturated heterocycles. The number of hydrogen-bond acceptors (Lipinski definition) is 5. The van der Waals surface area contributed by atoms with E-state index in [1.54, 1.807) is 0 Å². The molecule has 2 aromatic rings. The molecule has 2 aliphatic heterocycles. The fourth-order valence-corrected chi connectivity index (χ4v) is 4.29. The fraction of sp³-hybridized carbons (Fsp3) is 0.250. The van der Waals surface area contributed by atoms with Gasteiger partial charge in [-0.25, -0.2) is 5.43 Å². The Labute approximate surface area is 161 Å². The largest absolute Gasteiger partial charge is 0.409 e. The Morgan fingerprint density at radius 2 is 2.11 bits per heavy atom. The van der Waals surface area contributed by atoms with E-state index in [1.807, 2.05) is 49.4 Å². The number of amidine groups is 1. The standard InChI is InChI=1S/C20H20N4O2S/c1-13-18(21-22-20(25)27-13)16-9-10-17-15(12-16)8-5-11-24(17)19(23-26)14-6-3-2-4-7-14/h2-4,6-7,9-10,12-13,26H,5,8,11H2,1H3,(H,22,25)/b23-19-. The lowest BCUT2D eigenvalue weighted by atomic mass is 9.96. The maximum atomic E-state index is 11.5. The normalized spacial score (nSPS) is 20.0. The topological polar surface area (TPSA) is 77.3 Å². The minimum atomic E-state index is -0.123. The van der Waals surface area contributed by atoms with Gasteiger partial charge in [-0.05, 0) is 43.0 Å². The van der Waals surface area contributed by atoms with E-state index in [1.165, 1.54) is 17.3 Å². The Hall–Kier alpha value is -2.80. The minimum Gasteiger partial charge on any atom is -0.409 e. The summed E-state index contributed by atoms with van der Waals surface area (Å²) in [4.78, 5) is 13.5. The summed E-state index contributed by atoms with van der Waals surface area (Å²) in [5, 5.41) is 17.4. The van der Waals surface area contributed by atoms with Gasteiger partial charge in [0.2, 0.25) is 0 Å². The van der Waals surface area contributed by atoms with Crippen LogP contribution in [0, 0.1) is 0 Å². The summed E-state index contributed by atoms with van der Waals surface area (Å²) in [5.41, 5.74) is 7.54. The molecule has 2 heterocycles. The van der Waals surface area contributed by atoms with Crippen molar-refractivity contribution in [2.45, 2.75) is 25.0 Å². The molecule has 1 unspecified atom stereocenters. The van der Waals surface area contributed by atoms with Crippen LogP contribution in [0.3, 0.4) is 0 Å². The maximum Gasteiger partial charge on any atom is 0.299 e. The molecule has 0 fully saturated rings. The van der Waals surface area contributed by atoms with Crippen molar-refractivity contribution in [3.8, 4) is 0 Å². The van der Waals surface area contributed by atoms with Crippen LogP contribution < -0.4 is 10.3 Å². The van der Waals surface area contributed by atoms with E-state index in [0.29, 0.717) is 5.84 Å². The lowest BCUT2D eigenvalue weighted by Crippen LogP contribution is -2.36. The fourth-order valence-electron chi connectivity index (χ4n) is 3.57. The molecule has 2 aromatic carbocycles. The number of nitrogens with one attached hydrogen (secondary N) is 1. The Morgan fingerprint density at radius 3 is 2.85 bits per heavy atom. The second-order valence-electron chi connectivity index (χ2n) is 6.54. The molecule has 1 atom stereocenters. The summed E-state index contributed by atoms with van der Waals surface area (Å²) in [6.07, 6.45) is 1.92. The molecule has 0 radical (unpaired) electrons. The summed E-state index contributed by atoms with van der Waals surface area (Å²) >= 11 is 1.24. The molecule has 0 aliphatic carbocycles. The third-order valence-corrected chi connectivity index (χ3v) is 5.69. The number of amides is 1. The van der Waals surface area contributed by atoms with Gasteiger partial charge in [-0.2, -0.15) is 5.10 Å². The molecule has 0 spiro atoms. The highest BCUT2D eigenvalue weighted by Crippen LogP contribution is 2.31. The van der Waals surface area contributed by atoms with Crippen LogP contribution in [0.25, 0.3) is 0 Å². The van der Waals surface area contributed by atoms with Crippen molar-refractivity contribution in [1.82, 2.24) is 5.43 Å². The molecular formula is C20H20N4O2S. The quantitative estimate of drug-likeness (QED) is 0.359. The van der Waals surface area contributed by atoms with Crippen LogP contribution in [0.4, 0.5) is 10.5 Å². The molecular weight excluding hydrogens is 360 g/mol. The summed E-state index contributed by atoms with van der Waals surface area (Å²) in [6.45, 7) is 2.78. The van der Waals surface area contributed by atoms with Gasteiger partial charge >= 0.3 is 0 Å². The van der Waals surface area contributed by atoms with Gasteiger partial charge in [-0.1, -0.05) is 53.3 Å². The number of rotatable bonds is 2. The molecule has 138 valence electrons. The van der Waals surface area contributed by atoms with E-state index < -0.39 is 0 Å². The molecule has 7 heteroatoms. The number of anilines is 1. The van der Waals surface area contributed by atoms with Gasteiger partial charge in [0, 0.05) is 17.8 Å². The van der Waals surface area contributed by atoms with Crippen LogP contribution in [0.2, 0.25) is 0 Å². The highest BCUT2D eigenvalue weighted by molar-refractivity contribution is 8.14. The van der Waals surface area contributed by atoms with Crippen LogP contribution in [-0.4, -0.2) is 33.8 Å². The maximum absolute atomic E-state index is 11.5. The SMILES string of the molecule is CC1SC(=O)NN=C1c1ccc2c(c1)CCCN2/C(=N\O)c1ccccc1. The van der Waals surface area contributed by atoms with Crippen molar-refractivity contribution in [3.05, 3.63) is 65.2 Å². The number of nitrogens with zero attached hydrogens (tertiary/aromatic N) is 3. The van der Waals surface area contributed by atoms with Crippen molar-refractivity contribution in [2.24, 2.45) is 10.3 Å². The van der Waals surface area contributed by atoms with Gasteiger partial charge in [-0.3, -0.25) is 4.79 Å². The Balaban J connectivity index is 1.69. The first-order valence-corrected chi connectivity index (χ1v) is 9.78. The average Bonchev–Trinajstić information content (AvgIpc) is 2.69. The van der Waals surface area contributed by atoms with Crippen molar-refractivity contribution in [1.29, 1.82) is 0 Å². The van der Waals surface area contributed by atoms with Gasteiger partial charge in [0.05, 0.1) is 11.0 Å². The van der Waals surface area contributed by atoms with E-state index in [4.69, 9.17) is 0 Å². The molecule has 2 aliphatic rings.